The van der Waals surface area contributed by atoms with Crippen molar-refractivity contribution in [1.82, 2.24) is 10.2 Å². The summed E-state index contributed by atoms with van der Waals surface area (Å²) in [5.74, 6) is 0.874. The molecule has 90 valence electrons. The molecule has 0 fully saturated rings. The number of halogens is 1. The Morgan fingerprint density at radius 3 is 2.78 bits per heavy atom. The third kappa shape index (κ3) is 2.68. The van der Waals surface area contributed by atoms with Gasteiger partial charge in [-0.1, -0.05) is 0 Å². The van der Waals surface area contributed by atoms with Gasteiger partial charge in [0.1, 0.15) is 0 Å². The minimum Gasteiger partial charge on any atom is -0.434 e. The van der Waals surface area contributed by atoms with Crippen molar-refractivity contribution in [1.29, 1.82) is 5.26 Å². The average Bonchev–Trinajstić information content (AvgIpc) is 2.33. The molecule has 0 aliphatic rings. The Hall–Kier alpha value is -1.88. The zero-order chi connectivity index (χ0) is 13.1. The maximum atomic E-state index is 8.83. The molecule has 1 aromatic heterocycles. The molecule has 0 aliphatic heterocycles. The van der Waals surface area contributed by atoms with Gasteiger partial charge in [0, 0.05) is 6.07 Å². The average molecular weight is 352 g/mol. The predicted molar refractivity (Wildman–Crippen MR) is 75.1 cm³/mol. The van der Waals surface area contributed by atoms with Crippen LogP contribution in [0.5, 0.6) is 11.6 Å². The highest BCUT2D eigenvalue weighted by atomic mass is 127. The molecule has 0 spiro atoms. The van der Waals surface area contributed by atoms with Crippen molar-refractivity contribution >= 4 is 28.3 Å². The first kappa shape index (κ1) is 12.6. The Morgan fingerprint density at radius 1 is 1.39 bits per heavy atom. The van der Waals surface area contributed by atoms with Crippen LogP contribution in [0.15, 0.2) is 24.4 Å². The first-order chi connectivity index (χ1) is 8.60. The van der Waals surface area contributed by atoms with E-state index < -0.39 is 0 Å². The van der Waals surface area contributed by atoms with Gasteiger partial charge in [-0.2, -0.15) is 10.4 Å². The standard InChI is InChI=1S/C12H9IN4O/c1-7-2-11(17-16-6-7)18-12-9(13)3-8(5-14)4-10(12)15/h2-4,6H,15H2,1H3. The van der Waals surface area contributed by atoms with E-state index in [2.05, 4.69) is 32.8 Å². The highest BCUT2D eigenvalue weighted by Gasteiger charge is 2.10. The summed E-state index contributed by atoms with van der Waals surface area (Å²) in [4.78, 5) is 0. The van der Waals surface area contributed by atoms with Crippen molar-refractivity contribution in [2.45, 2.75) is 6.92 Å². The van der Waals surface area contributed by atoms with Gasteiger partial charge in [0.05, 0.1) is 27.1 Å². The number of anilines is 1. The third-order valence-corrected chi connectivity index (χ3v) is 2.98. The lowest BCUT2D eigenvalue weighted by Crippen LogP contribution is -1.98. The van der Waals surface area contributed by atoms with E-state index in [1.54, 1.807) is 24.4 Å². The molecule has 0 atom stereocenters. The Labute approximate surface area is 118 Å². The quantitative estimate of drug-likeness (QED) is 0.664. The van der Waals surface area contributed by atoms with Gasteiger partial charge in [-0.05, 0) is 47.2 Å². The molecule has 5 nitrogen and oxygen atoms in total. The van der Waals surface area contributed by atoms with Crippen LogP contribution in [0.1, 0.15) is 11.1 Å². The monoisotopic (exact) mass is 352 g/mol. The van der Waals surface area contributed by atoms with E-state index in [0.29, 0.717) is 22.9 Å². The molecule has 1 aromatic carbocycles. The number of benzene rings is 1. The molecule has 0 aliphatic carbocycles. The number of aromatic nitrogens is 2. The van der Waals surface area contributed by atoms with E-state index >= 15 is 0 Å². The molecular formula is C12H9IN4O. The molecule has 6 heteroatoms. The second kappa shape index (κ2) is 5.18. The lowest BCUT2D eigenvalue weighted by molar-refractivity contribution is 0.453. The number of hydrogen-bond acceptors (Lipinski definition) is 5. The lowest BCUT2D eigenvalue weighted by atomic mass is 10.2. The zero-order valence-corrected chi connectivity index (χ0v) is 11.7. The van der Waals surface area contributed by atoms with Crippen molar-refractivity contribution in [2.75, 3.05) is 5.73 Å². The third-order valence-electron chi connectivity index (χ3n) is 2.18. The van der Waals surface area contributed by atoms with Gasteiger partial charge < -0.3 is 10.5 Å². The number of nitrogen functional groups attached to an aromatic ring is 1. The minimum absolute atomic E-state index is 0.379. The Kier molecular flexibility index (Phi) is 3.62. The number of hydrogen-bond donors (Lipinski definition) is 1. The molecule has 0 saturated carbocycles. The van der Waals surface area contributed by atoms with Gasteiger partial charge in [-0.25, -0.2) is 0 Å². The SMILES string of the molecule is Cc1cnnc(Oc2c(N)cc(C#N)cc2I)c1. The molecule has 0 amide bonds. The Morgan fingerprint density at radius 2 is 2.17 bits per heavy atom. The highest BCUT2D eigenvalue weighted by molar-refractivity contribution is 14.1. The Balaban J connectivity index is 2.38. The second-order valence-electron chi connectivity index (χ2n) is 3.66. The number of aryl methyl sites for hydroxylation is 1. The number of ether oxygens (including phenoxy) is 1. The molecule has 0 bridgehead atoms. The van der Waals surface area contributed by atoms with Crippen LogP contribution < -0.4 is 10.5 Å². The normalized spacial score (nSPS) is 9.83. The minimum atomic E-state index is 0.379. The maximum Gasteiger partial charge on any atom is 0.239 e. The molecule has 2 N–H and O–H groups in total. The summed E-state index contributed by atoms with van der Waals surface area (Å²) in [6.45, 7) is 1.90. The fourth-order valence-electron chi connectivity index (χ4n) is 1.38. The van der Waals surface area contributed by atoms with Gasteiger partial charge in [-0.15, -0.1) is 5.10 Å². The molecule has 1 heterocycles. The van der Waals surface area contributed by atoms with Crippen LogP contribution in [0.2, 0.25) is 0 Å². The van der Waals surface area contributed by atoms with Gasteiger partial charge in [0.2, 0.25) is 5.88 Å². The lowest BCUT2D eigenvalue weighted by Gasteiger charge is -2.09. The molecule has 18 heavy (non-hydrogen) atoms. The van der Waals surface area contributed by atoms with E-state index in [1.807, 2.05) is 13.0 Å². The molecule has 2 aromatic rings. The predicted octanol–water partition coefficient (Wildman–Crippen LogP) is 2.64. The molecule has 0 radical (unpaired) electrons. The maximum absolute atomic E-state index is 8.83. The molecule has 2 rings (SSSR count). The molecule has 0 saturated heterocycles. The summed E-state index contributed by atoms with van der Waals surface area (Å²) in [7, 11) is 0. The number of rotatable bonds is 2. The summed E-state index contributed by atoms with van der Waals surface area (Å²) in [6, 6.07) is 7.08. The summed E-state index contributed by atoms with van der Waals surface area (Å²) in [5, 5.41) is 16.5. The highest BCUT2D eigenvalue weighted by Crippen LogP contribution is 2.32. The first-order valence-electron chi connectivity index (χ1n) is 5.06. The summed E-state index contributed by atoms with van der Waals surface area (Å²) in [6.07, 6.45) is 1.64. The summed E-state index contributed by atoms with van der Waals surface area (Å²) >= 11 is 2.07. The van der Waals surface area contributed by atoms with E-state index in [0.717, 1.165) is 9.13 Å². The fraction of sp³-hybridized carbons (Fsp3) is 0.0833. The fourth-order valence-corrected chi connectivity index (χ4v) is 2.14. The first-order valence-corrected chi connectivity index (χ1v) is 6.14. The van der Waals surface area contributed by atoms with Crippen LogP contribution in [0.4, 0.5) is 5.69 Å². The van der Waals surface area contributed by atoms with Crippen LogP contribution >= 0.6 is 22.6 Å². The van der Waals surface area contributed by atoms with Crippen molar-refractivity contribution in [2.24, 2.45) is 0 Å². The summed E-state index contributed by atoms with van der Waals surface area (Å²) in [5.41, 5.74) is 7.71. The second-order valence-corrected chi connectivity index (χ2v) is 4.82. The summed E-state index contributed by atoms with van der Waals surface area (Å²) < 4.78 is 6.36. The van der Waals surface area contributed by atoms with Crippen LogP contribution in [0, 0.1) is 21.8 Å². The van der Waals surface area contributed by atoms with Crippen molar-refractivity contribution in [3.8, 4) is 17.7 Å². The number of nitriles is 1. The van der Waals surface area contributed by atoms with Gasteiger partial charge in [0.15, 0.2) is 5.75 Å². The van der Waals surface area contributed by atoms with Crippen LogP contribution in [-0.4, -0.2) is 10.2 Å². The smallest absolute Gasteiger partial charge is 0.239 e. The van der Waals surface area contributed by atoms with Crippen molar-refractivity contribution in [3.63, 3.8) is 0 Å². The molecular weight excluding hydrogens is 343 g/mol. The number of nitrogens with zero attached hydrogens (tertiary/aromatic N) is 3. The van der Waals surface area contributed by atoms with E-state index in [4.69, 9.17) is 15.7 Å². The van der Waals surface area contributed by atoms with E-state index in [1.165, 1.54) is 0 Å². The Bertz CT molecular complexity index is 613. The van der Waals surface area contributed by atoms with Crippen molar-refractivity contribution < 1.29 is 4.74 Å². The topological polar surface area (TPSA) is 84.8 Å². The van der Waals surface area contributed by atoms with Crippen molar-refractivity contribution in [3.05, 3.63) is 39.1 Å². The zero-order valence-electron chi connectivity index (χ0n) is 9.51. The van der Waals surface area contributed by atoms with Crippen LogP contribution in [-0.2, 0) is 0 Å². The molecule has 0 unspecified atom stereocenters. The van der Waals surface area contributed by atoms with Gasteiger partial charge in [-0.3, -0.25) is 0 Å². The largest absolute Gasteiger partial charge is 0.434 e. The van der Waals surface area contributed by atoms with E-state index in [9.17, 15) is 0 Å². The van der Waals surface area contributed by atoms with E-state index in [-0.39, 0.29) is 0 Å². The van der Waals surface area contributed by atoms with Crippen LogP contribution in [0.25, 0.3) is 0 Å². The van der Waals surface area contributed by atoms with Gasteiger partial charge >= 0.3 is 0 Å². The number of nitrogens with two attached hydrogens (primary N) is 1. The van der Waals surface area contributed by atoms with Gasteiger partial charge in [0.25, 0.3) is 0 Å². The van der Waals surface area contributed by atoms with Crippen LogP contribution in [0.3, 0.4) is 0 Å².